The Morgan fingerprint density at radius 2 is 1.77 bits per heavy atom. The van der Waals surface area contributed by atoms with Crippen molar-refractivity contribution in [1.82, 2.24) is 0 Å². The molecule has 116 valence electrons. The molecule has 0 saturated carbocycles. The van der Waals surface area contributed by atoms with E-state index in [0.717, 1.165) is 18.2 Å². The number of amides is 1. The van der Waals surface area contributed by atoms with Gasteiger partial charge in [-0.15, -0.1) is 0 Å². The molecular weight excluding hydrogens is 314 g/mol. The number of carbonyl (C=O) groups excluding carboxylic acids is 1. The maximum absolute atomic E-state index is 13.1. The molecule has 1 amide bonds. The summed E-state index contributed by atoms with van der Waals surface area (Å²) in [6.45, 7) is 1.60. The van der Waals surface area contributed by atoms with Crippen LogP contribution in [-0.2, 0) is 10.0 Å². The van der Waals surface area contributed by atoms with Gasteiger partial charge in [-0.3, -0.25) is 4.79 Å². The molecule has 0 aromatic heterocycles. The van der Waals surface area contributed by atoms with E-state index < -0.39 is 27.6 Å². The summed E-state index contributed by atoms with van der Waals surface area (Å²) in [6, 6.07) is 6.76. The summed E-state index contributed by atoms with van der Waals surface area (Å²) in [5.74, 6) is -2.81. The van der Waals surface area contributed by atoms with Crippen molar-refractivity contribution in [2.24, 2.45) is 5.14 Å². The Morgan fingerprint density at radius 3 is 2.36 bits per heavy atom. The molecule has 0 fully saturated rings. The van der Waals surface area contributed by atoms with Crippen molar-refractivity contribution in [3.8, 4) is 0 Å². The Hall–Kier alpha value is -2.32. The number of sulfonamides is 1. The topological polar surface area (TPSA) is 89.3 Å². The standard InChI is InChI=1S/C14H12F2N2O3S/c1-8-4-9(6-11(5-8)22(17,20)21)14(19)18-10-2-3-12(15)13(16)7-10/h2-7H,1H3,(H,18,19)(H2,17,20,21). The number of benzene rings is 2. The van der Waals surface area contributed by atoms with Crippen LogP contribution in [0.4, 0.5) is 14.5 Å². The minimum atomic E-state index is -3.96. The number of nitrogens with two attached hydrogens (primary N) is 1. The van der Waals surface area contributed by atoms with Gasteiger partial charge in [0.1, 0.15) is 0 Å². The Morgan fingerprint density at radius 1 is 1.09 bits per heavy atom. The van der Waals surface area contributed by atoms with Gasteiger partial charge >= 0.3 is 0 Å². The van der Waals surface area contributed by atoms with Crippen molar-refractivity contribution >= 4 is 21.6 Å². The number of carbonyl (C=O) groups is 1. The first kappa shape index (κ1) is 16.1. The summed E-state index contributed by atoms with van der Waals surface area (Å²) in [6.07, 6.45) is 0. The lowest BCUT2D eigenvalue weighted by Crippen LogP contribution is -2.16. The third-order valence-electron chi connectivity index (χ3n) is 2.82. The molecule has 0 spiro atoms. The fraction of sp³-hybridized carbons (Fsp3) is 0.0714. The molecule has 2 rings (SSSR count). The van der Waals surface area contributed by atoms with Gasteiger partial charge in [-0.2, -0.15) is 0 Å². The van der Waals surface area contributed by atoms with Gasteiger partial charge < -0.3 is 5.32 Å². The van der Waals surface area contributed by atoms with Crippen LogP contribution in [0.25, 0.3) is 0 Å². The highest BCUT2D eigenvalue weighted by atomic mass is 32.2. The maximum atomic E-state index is 13.1. The van der Waals surface area contributed by atoms with Crippen LogP contribution >= 0.6 is 0 Å². The highest BCUT2D eigenvalue weighted by molar-refractivity contribution is 7.89. The lowest BCUT2D eigenvalue weighted by Gasteiger charge is -2.08. The molecule has 5 nitrogen and oxygen atoms in total. The molecule has 22 heavy (non-hydrogen) atoms. The van der Waals surface area contributed by atoms with Crippen LogP contribution in [0.3, 0.4) is 0 Å². The molecule has 3 N–H and O–H groups in total. The zero-order chi connectivity index (χ0) is 16.5. The van der Waals surface area contributed by atoms with E-state index in [-0.39, 0.29) is 16.1 Å². The van der Waals surface area contributed by atoms with Crippen molar-refractivity contribution < 1.29 is 22.0 Å². The second-order valence-corrected chi connectivity index (χ2v) is 6.22. The zero-order valence-electron chi connectivity index (χ0n) is 11.4. The molecule has 0 radical (unpaired) electrons. The van der Waals surface area contributed by atoms with Crippen molar-refractivity contribution in [1.29, 1.82) is 0 Å². The Balaban J connectivity index is 2.33. The first-order valence-corrected chi connectivity index (χ1v) is 7.62. The molecule has 2 aromatic rings. The van der Waals surface area contributed by atoms with E-state index in [1.807, 2.05) is 0 Å². The van der Waals surface area contributed by atoms with E-state index in [4.69, 9.17) is 5.14 Å². The molecule has 0 atom stereocenters. The number of anilines is 1. The Bertz CT molecular complexity index is 851. The molecule has 0 saturated heterocycles. The molecule has 0 bridgehead atoms. The summed E-state index contributed by atoms with van der Waals surface area (Å²) < 4.78 is 48.6. The number of hydrogen-bond acceptors (Lipinski definition) is 3. The quantitative estimate of drug-likeness (QED) is 0.906. The largest absolute Gasteiger partial charge is 0.322 e. The van der Waals surface area contributed by atoms with Crippen molar-refractivity contribution in [3.63, 3.8) is 0 Å². The van der Waals surface area contributed by atoms with Gasteiger partial charge in [0.2, 0.25) is 10.0 Å². The fourth-order valence-electron chi connectivity index (χ4n) is 1.82. The molecule has 0 heterocycles. The normalized spacial score (nSPS) is 11.3. The Kier molecular flexibility index (Phi) is 4.25. The summed E-state index contributed by atoms with van der Waals surface area (Å²) in [7, 11) is -3.96. The zero-order valence-corrected chi connectivity index (χ0v) is 12.2. The highest BCUT2D eigenvalue weighted by Gasteiger charge is 2.14. The number of hydrogen-bond donors (Lipinski definition) is 2. The van der Waals surface area contributed by atoms with E-state index in [9.17, 15) is 22.0 Å². The van der Waals surface area contributed by atoms with Crippen LogP contribution < -0.4 is 10.5 Å². The molecule has 0 aliphatic rings. The summed E-state index contributed by atoms with van der Waals surface area (Å²) in [5.41, 5.74) is 0.596. The predicted octanol–water partition coefficient (Wildman–Crippen LogP) is 2.17. The number of rotatable bonds is 3. The molecular formula is C14H12F2N2O3S. The van der Waals surface area contributed by atoms with E-state index in [2.05, 4.69) is 5.32 Å². The van der Waals surface area contributed by atoms with E-state index in [0.29, 0.717) is 5.56 Å². The van der Waals surface area contributed by atoms with Gasteiger partial charge in [-0.25, -0.2) is 22.3 Å². The summed E-state index contributed by atoms with van der Waals surface area (Å²) in [4.78, 5) is 11.9. The van der Waals surface area contributed by atoms with Crippen molar-refractivity contribution in [2.75, 3.05) is 5.32 Å². The maximum Gasteiger partial charge on any atom is 0.255 e. The lowest BCUT2D eigenvalue weighted by atomic mass is 10.1. The van der Waals surface area contributed by atoms with Crippen LogP contribution in [0.2, 0.25) is 0 Å². The lowest BCUT2D eigenvalue weighted by molar-refractivity contribution is 0.102. The number of primary sulfonamides is 1. The Labute approximate surface area is 125 Å². The minimum Gasteiger partial charge on any atom is -0.322 e. The van der Waals surface area contributed by atoms with E-state index >= 15 is 0 Å². The number of nitrogens with one attached hydrogen (secondary N) is 1. The van der Waals surface area contributed by atoms with Gasteiger partial charge in [-0.1, -0.05) is 0 Å². The van der Waals surface area contributed by atoms with Gasteiger partial charge in [0.15, 0.2) is 11.6 Å². The smallest absolute Gasteiger partial charge is 0.255 e. The average Bonchev–Trinajstić information content (AvgIpc) is 2.41. The molecule has 0 aliphatic heterocycles. The number of halogens is 2. The van der Waals surface area contributed by atoms with Crippen molar-refractivity contribution in [3.05, 3.63) is 59.2 Å². The van der Waals surface area contributed by atoms with Crippen LogP contribution in [0.15, 0.2) is 41.3 Å². The molecule has 0 unspecified atom stereocenters. The first-order valence-electron chi connectivity index (χ1n) is 6.08. The second kappa shape index (κ2) is 5.82. The monoisotopic (exact) mass is 326 g/mol. The van der Waals surface area contributed by atoms with Gasteiger partial charge in [0.05, 0.1) is 4.90 Å². The van der Waals surface area contributed by atoms with E-state index in [1.54, 1.807) is 6.92 Å². The fourth-order valence-corrected chi connectivity index (χ4v) is 2.46. The average molecular weight is 326 g/mol. The van der Waals surface area contributed by atoms with Crippen LogP contribution in [0, 0.1) is 18.6 Å². The third kappa shape index (κ3) is 3.66. The SMILES string of the molecule is Cc1cc(C(=O)Nc2ccc(F)c(F)c2)cc(S(N)(=O)=O)c1. The third-order valence-corrected chi connectivity index (χ3v) is 3.71. The van der Waals surface area contributed by atoms with Crippen LogP contribution in [0.5, 0.6) is 0 Å². The second-order valence-electron chi connectivity index (χ2n) is 4.66. The van der Waals surface area contributed by atoms with Gasteiger partial charge in [0.25, 0.3) is 5.91 Å². The molecule has 2 aromatic carbocycles. The van der Waals surface area contributed by atoms with Gasteiger partial charge in [-0.05, 0) is 42.8 Å². The summed E-state index contributed by atoms with van der Waals surface area (Å²) >= 11 is 0. The number of aryl methyl sites for hydroxylation is 1. The predicted molar refractivity (Wildman–Crippen MR) is 76.9 cm³/mol. The van der Waals surface area contributed by atoms with Crippen LogP contribution in [0.1, 0.15) is 15.9 Å². The van der Waals surface area contributed by atoms with Crippen molar-refractivity contribution in [2.45, 2.75) is 11.8 Å². The molecule has 8 heteroatoms. The van der Waals surface area contributed by atoms with Gasteiger partial charge in [0, 0.05) is 17.3 Å². The minimum absolute atomic E-state index is 0.0359. The van der Waals surface area contributed by atoms with E-state index in [1.165, 1.54) is 18.2 Å². The first-order chi connectivity index (χ1) is 10.2. The molecule has 0 aliphatic carbocycles. The summed E-state index contributed by atoms with van der Waals surface area (Å²) in [5, 5.41) is 7.38. The highest BCUT2D eigenvalue weighted by Crippen LogP contribution is 2.17. The van der Waals surface area contributed by atoms with Crippen LogP contribution in [-0.4, -0.2) is 14.3 Å².